The third-order valence-corrected chi connectivity index (χ3v) is 5.39. The summed E-state index contributed by atoms with van der Waals surface area (Å²) in [5.41, 5.74) is 3.01. The normalized spacial score (nSPS) is 10.9. The summed E-state index contributed by atoms with van der Waals surface area (Å²) in [6.45, 7) is 3.25. The van der Waals surface area contributed by atoms with E-state index >= 15 is 0 Å². The van der Waals surface area contributed by atoms with E-state index in [0.29, 0.717) is 23.3 Å². The molecule has 0 radical (unpaired) electrons. The van der Waals surface area contributed by atoms with E-state index < -0.39 is 0 Å². The smallest absolute Gasteiger partial charge is 0.230 e. The van der Waals surface area contributed by atoms with Crippen molar-refractivity contribution >= 4 is 29.3 Å². The van der Waals surface area contributed by atoms with Crippen LogP contribution in [0.15, 0.2) is 53.7 Å². The number of nitrogens with one attached hydrogen (secondary N) is 1. The molecule has 3 rings (SSSR count). The van der Waals surface area contributed by atoms with Crippen molar-refractivity contribution in [3.63, 3.8) is 0 Å². The van der Waals surface area contributed by atoms with Gasteiger partial charge in [-0.2, -0.15) is 0 Å². The molecule has 6 nitrogen and oxygen atoms in total. The molecule has 0 atom stereocenters. The van der Waals surface area contributed by atoms with E-state index in [0.717, 1.165) is 23.5 Å². The zero-order valence-electron chi connectivity index (χ0n) is 16.4. The van der Waals surface area contributed by atoms with Gasteiger partial charge in [0.15, 0.2) is 11.0 Å². The Hall–Kier alpha value is -2.35. The van der Waals surface area contributed by atoms with E-state index in [1.165, 1.54) is 17.3 Å². The fourth-order valence-electron chi connectivity index (χ4n) is 2.70. The van der Waals surface area contributed by atoms with Gasteiger partial charge >= 0.3 is 0 Å². The minimum atomic E-state index is -0.0476. The maximum absolute atomic E-state index is 12.1. The van der Waals surface area contributed by atoms with Gasteiger partial charge in [-0.15, -0.1) is 10.2 Å². The summed E-state index contributed by atoms with van der Waals surface area (Å²) in [5, 5.41) is 12.9. The second kappa shape index (κ2) is 10.4. The topological polar surface area (TPSA) is 69.0 Å². The Morgan fingerprint density at radius 1 is 1.14 bits per heavy atom. The lowest BCUT2D eigenvalue weighted by atomic mass is 10.1. The molecular formula is C21H23ClN4O2S. The van der Waals surface area contributed by atoms with Crippen molar-refractivity contribution in [3.8, 4) is 17.1 Å². The number of carbonyl (C=O) groups excluding carboxylic acids is 1. The molecule has 152 valence electrons. The molecule has 1 heterocycles. The van der Waals surface area contributed by atoms with Gasteiger partial charge in [0.1, 0.15) is 0 Å². The van der Waals surface area contributed by atoms with Crippen molar-refractivity contribution in [2.45, 2.75) is 18.5 Å². The van der Waals surface area contributed by atoms with Crippen LogP contribution in [0.5, 0.6) is 0 Å². The lowest BCUT2D eigenvalue weighted by Crippen LogP contribution is -2.26. The summed E-state index contributed by atoms with van der Waals surface area (Å²) in [4.78, 5) is 12.1. The van der Waals surface area contributed by atoms with E-state index in [4.69, 9.17) is 16.3 Å². The number of thioether (sulfide) groups is 1. The monoisotopic (exact) mass is 430 g/mol. The highest BCUT2D eigenvalue weighted by Crippen LogP contribution is 2.28. The highest BCUT2D eigenvalue weighted by atomic mass is 35.5. The number of hydrogen-bond acceptors (Lipinski definition) is 5. The highest BCUT2D eigenvalue weighted by molar-refractivity contribution is 7.99. The molecule has 0 unspecified atom stereocenters. The summed E-state index contributed by atoms with van der Waals surface area (Å²) in [7, 11) is 1.65. The molecule has 0 bridgehead atoms. The van der Waals surface area contributed by atoms with Crippen LogP contribution in [0.2, 0.25) is 5.02 Å². The molecule has 0 saturated carbocycles. The number of aryl methyl sites for hydroxylation is 1. The molecule has 3 aromatic rings. The van der Waals surface area contributed by atoms with E-state index in [2.05, 4.69) is 15.5 Å². The van der Waals surface area contributed by atoms with Gasteiger partial charge in [-0.3, -0.25) is 9.36 Å². The molecule has 1 aromatic heterocycles. The van der Waals surface area contributed by atoms with Gasteiger partial charge in [0.2, 0.25) is 5.91 Å². The van der Waals surface area contributed by atoms with Crippen LogP contribution in [0.4, 0.5) is 0 Å². The number of carbonyl (C=O) groups is 1. The standard InChI is InChI=1S/C21H23ClN4O2S/c1-15-4-6-16(7-5-15)20-24-25-21(26(20)18-10-8-17(22)9-11-18)29-14-19(27)23-12-3-13-28-2/h4-11H,3,12-14H2,1-2H3,(H,23,27). The van der Waals surface area contributed by atoms with Crippen LogP contribution in [0.1, 0.15) is 12.0 Å². The predicted octanol–water partition coefficient (Wildman–Crippen LogP) is 4.14. The molecule has 8 heteroatoms. The van der Waals surface area contributed by atoms with Gasteiger partial charge < -0.3 is 10.1 Å². The van der Waals surface area contributed by atoms with Crippen LogP contribution in [0.25, 0.3) is 17.1 Å². The maximum atomic E-state index is 12.1. The number of rotatable bonds is 9. The van der Waals surface area contributed by atoms with Gasteiger partial charge in [0, 0.05) is 36.5 Å². The van der Waals surface area contributed by atoms with Crippen LogP contribution in [-0.2, 0) is 9.53 Å². The SMILES string of the molecule is COCCCNC(=O)CSc1nnc(-c2ccc(C)cc2)n1-c1ccc(Cl)cc1. The van der Waals surface area contributed by atoms with Crippen molar-refractivity contribution in [1.29, 1.82) is 0 Å². The number of halogens is 1. The number of aromatic nitrogens is 3. The van der Waals surface area contributed by atoms with Crippen molar-refractivity contribution < 1.29 is 9.53 Å². The Kier molecular flexibility index (Phi) is 7.69. The first-order chi connectivity index (χ1) is 14.1. The lowest BCUT2D eigenvalue weighted by Gasteiger charge is -2.11. The first-order valence-electron chi connectivity index (χ1n) is 9.25. The van der Waals surface area contributed by atoms with Gasteiger partial charge in [-0.25, -0.2) is 0 Å². The van der Waals surface area contributed by atoms with Crippen LogP contribution in [0.3, 0.4) is 0 Å². The van der Waals surface area contributed by atoms with Gasteiger partial charge in [0.05, 0.1) is 5.75 Å². The number of ether oxygens (including phenoxy) is 1. The van der Waals surface area contributed by atoms with Crippen LogP contribution < -0.4 is 5.32 Å². The molecule has 0 aliphatic carbocycles. The first-order valence-corrected chi connectivity index (χ1v) is 10.6. The van der Waals surface area contributed by atoms with Crippen molar-refractivity contribution in [3.05, 3.63) is 59.1 Å². The lowest BCUT2D eigenvalue weighted by molar-refractivity contribution is -0.118. The minimum Gasteiger partial charge on any atom is -0.385 e. The van der Waals surface area contributed by atoms with Crippen molar-refractivity contribution in [1.82, 2.24) is 20.1 Å². The molecule has 2 aromatic carbocycles. The van der Waals surface area contributed by atoms with Crippen LogP contribution in [-0.4, -0.2) is 46.7 Å². The van der Waals surface area contributed by atoms with Crippen LogP contribution in [0, 0.1) is 6.92 Å². The Labute approximate surface area is 179 Å². The summed E-state index contributed by atoms with van der Waals surface area (Å²) < 4.78 is 6.94. The molecule has 29 heavy (non-hydrogen) atoms. The molecule has 0 aliphatic heterocycles. The van der Waals surface area contributed by atoms with E-state index in [-0.39, 0.29) is 11.7 Å². The fraction of sp³-hybridized carbons (Fsp3) is 0.286. The first kappa shape index (κ1) is 21.4. The number of benzene rings is 2. The third-order valence-electron chi connectivity index (χ3n) is 4.21. The number of nitrogens with zero attached hydrogens (tertiary/aromatic N) is 3. The fourth-order valence-corrected chi connectivity index (χ4v) is 3.61. The molecule has 0 fully saturated rings. The summed E-state index contributed by atoms with van der Waals surface area (Å²) in [5.74, 6) is 0.927. The van der Waals surface area contributed by atoms with Gasteiger partial charge in [0.25, 0.3) is 0 Å². The van der Waals surface area contributed by atoms with Crippen molar-refractivity contribution in [2.24, 2.45) is 0 Å². The molecule has 1 amide bonds. The summed E-state index contributed by atoms with van der Waals surface area (Å²) in [6.07, 6.45) is 0.783. The molecule has 1 N–H and O–H groups in total. The second-order valence-electron chi connectivity index (χ2n) is 6.47. The number of hydrogen-bond donors (Lipinski definition) is 1. The van der Waals surface area contributed by atoms with E-state index in [1.54, 1.807) is 7.11 Å². The van der Waals surface area contributed by atoms with E-state index in [1.807, 2.05) is 60.0 Å². The van der Waals surface area contributed by atoms with Crippen LogP contribution >= 0.6 is 23.4 Å². The molecule has 0 saturated heterocycles. The number of methoxy groups -OCH3 is 1. The summed E-state index contributed by atoms with van der Waals surface area (Å²) in [6, 6.07) is 15.6. The Balaban J connectivity index is 1.82. The third kappa shape index (κ3) is 5.82. The second-order valence-corrected chi connectivity index (χ2v) is 7.85. The molecule has 0 spiro atoms. The maximum Gasteiger partial charge on any atom is 0.230 e. The van der Waals surface area contributed by atoms with Gasteiger partial charge in [-0.05, 0) is 37.6 Å². The van der Waals surface area contributed by atoms with Crippen molar-refractivity contribution in [2.75, 3.05) is 26.0 Å². The average Bonchev–Trinajstić information content (AvgIpc) is 3.15. The zero-order valence-corrected chi connectivity index (χ0v) is 18.0. The Morgan fingerprint density at radius 3 is 2.55 bits per heavy atom. The zero-order chi connectivity index (χ0) is 20.6. The predicted molar refractivity (Wildman–Crippen MR) is 117 cm³/mol. The Bertz CT molecular complexity index is 942. The largest absolute Gasteiger partial charge is 0.385 e. The van der Waals surface area contributed by atoms with E-state index in [9.17, 15) is 4.79 Å². The van der Waals surface area contributed by atoms with Gasteiger partial charge in [-0.1, -0.05) is 53.2 Å². The molecular weight excluding hydrogens is 408 g/mol. The average molecular weight is 431 g/mol. The Morgan fingerprint density at radius 2 is 1.86 bits per heavy atom. The summed E-state index contributed by atoms with van der Waals surface area (Å²) >= 11 is 7.40. The molecule has 0 aliphatic rings. The quantitative estimate of drug-likeness (QED) is 0.408. The number of amides is 1. The minimum absolute atomic E-state index is 0.0476. The highest BCUT2D eigenvalue weighted by Gasteiger charge is 2.17.